The normalized spacial score (nSPS) is 13.3. The monoisotopic (exact) mass is 239 g/mol. The Kier molecular flexibility index (Phi) is 3.56. The molecular formula is C11H13NO3S. The van der Waals surface area contributed by atoms with Crippen molar-refractivity contribution < 1.29 is 14.3 Å². The van der Waals surface area contributed by atoms with Gasteiger partial charge in [-0.25, -0.2) is 0 Å². The lowest BCUT2D eigenvalue weighted by atomic mass is 10.1. The first-order chi connectivity index (χ1) is 7.75. The molecular weight excluding hydrogens is 226 g/mol. The number of hydrogen-bond acceptors (Lipinski definition) is 3. The van der Waals surface area contributed by atoms with Gasteiger partial charge >= 0.3 is 0 Å². The summed E-state index contributed by atoms with van der Waals surface area (Å²) in [7, 11) is 0. The van der Waals surface area contributed by atoms with Crippen LogP contribution >= 0.6 is 12.6 Å². The maximum atomic E-state index is 10.6. The fourth-order valence-electron chi connectivity index (χ4n) is 1.56. The Labute approximate surface area is 99.3 Å². The van der Waals surface area contributed by atoms with Crippen LogP contribution in [0.15, 0.2) is 18.2 Å². The number of benzene rings is 1. The summed E-state index contributed by atoms with van der Waals surface area (Å²) >= 11 is 3.63. The highest BCUT2D eigenvalue weighted by Crippen LogP contribution is 2.30. The smallest absolute Gasteiger partial charge is 0.275 e. The third-order valence-electron chi connectivity index (χ3n) is 2.30. The fraction of sp³-hybridized carbons (Fsp3) is 0.364. The van der Waals surface area contributed by atoms with E-state index < -0.39 is 0 Å². The summed E-state index contributed by atoms with van der Waals surface area (Å²) < 4.78 is 10.9. The second kappa shape index (κ2) is 5.12. The van der Waals surface area contributed by atoms with E-state index in [1.165, 1.54) is 0 Å². The van der Waals surface area contributed by atoms with Gasteiger partial charge in [0.15, 0.2) is 11.5 Å². The number of ether oxygens (including phenoxy) is 2. The van der Waals surface area contributed by atoms with E-state index in [2.05, 4.69) is 17.9 Å². The van der Waals surface area contributed by atoms with Crippen LogP contribution < -0.4 is 14.8 Å². The minimum atomic E-state index is -0.308. The highest BCUT2D eigenvalue weighted by atomic mass is 32.1. The molecule has 4 nitrogen and oxygen atoms in total. The molecule has 86 valence electrons. The van der Waals surface area contributed by atoms with Crippen molar-refractivity contribution in [2.75, 3.05) is 19.8 Å². The predicted molar refractivity (Wildman–Crippen MR) is 63.5 cm³/mol. The molecule has 0 unspecified atom stereocenters. The predicted octanol–water partition coefficient (Wildman–Crippen LogP) is 1.64. The average molecular weight is 239 g/mol. The summed E-state index contributed by atoms with van der Waals surface area (Å²) in [4.78, 5) is 10.6. The summed E-state index contributed by atoms with van der Waals surface area (Å²) in [5.74, 6) is 1.56. The number of carbonyl (C=O) groups is 1. The third kappa shape index (κ3) is 2.82. The van der Waals surface area contributed by atoms with E-state index in [-0.39, 0.29) is 5.24 Å². The molecule has 2 rings (SSSR count). The molecule has 0 bridgehead atoms. The van der Waals surface area contributed by atoms with Crippen molar-refractivity contribution in [2.24, 2.45) is 0 Å². The zero-order valence-electron chi connectivity index (χ0n) is 8.73. The van der Waals surface area contributed by atoms with Gasteiger partial charge in [-0.2, -0.15) is 0 Å². The van der Waals surface area contributed by atoms with Crippen LogP contribution in [0.25, 0.3) is 0 Å². The second-order valence-electron chi connectivity index (χ2n) is 3.46. The number of thiol groups is 1. The first-order valence-electron chi connectivity index (χ1n) is 5.11. The van der Waals surface area contributed by atoms with Crippen molar-refractivity contribution in [3.8, 4) is 11.5 Å². The maximum absolute atomic E-state index is 10.6. The third-order valence-corrected chi connectivity index (χ3v) is 2.45. The number of amides is 1. The molecule has 1 aliphatic heterocycles. The summed E-state index contributed by atoms with van der Waals surface area (Å²) in [6, 6.07) is 5.81. The van der Waals surface area contributed by atoms with Gasteiger partial charge in [0.2, 0.25) is 0 Å². The number of carbonyl (C=O) groups excluding carboxylic acids is 1. The van der Waals surface area contributed by atoms with Crippen LogP contribution in [-0.4, -0.2) is 25.0 Å². The van der Waals surface area contributed by atoms with Crippen molar-refractivity contribution >= 4 is 17.9 Å². The van der Waals surface area contributed by atoms with E-state index in [1.54, 1.807) is 0 Å². The SMILES string of the molecule is O=C(S)NCCc1ccc2c(c1)OCCO2. The van der Waals surface area contributed by atoms with E-state index in [1.807, 2.05) is 18.2 Å². The average Bonchev–Trinajstić information content (AvgIpc) is 2.28. The molecule has 0 aliphatic carbocycles. The Hall–Kier alpha value is -1.36. The van der Waals surface area contributed by atoms with E-state index in [9.17, 15) is 4.79 Å². The van der Waals surface area contributed by atoms with E-state index in [0.717, 1.165) is 23.5 Å². The summed E-state index contributed by atoms with van der Waals surface area (Å²) in [6.45, 7) is 1.76. The van der Waals surface area contributed by atoms with Crippen LogP contribution in [0, 0.1) is 0 Å². The standard InChI is InChI=1S/C11H13NO3S/c13-11(16)12-4-3-8-1-2-9-10(7-8)15-6-5-14-9/h1-2,7H,3-6H2,(H2,12,13,16). The molecule has 0 atom stereocenters. The minimum Gasteiger partial charge on any atom is -0.486 e. The molecule has 1 N–H and O–H groups in total. The van der Waals surface area contributed by atoms with E-state index in [0.29, 0.717) is 19.8 Å². The Morgan fingerprint density at radius 2 is 2.06 bits per heavy atom. The van der Waals surface area contributed by atoms with E-state index in [4.69, 9.17) is 9.47 Å². The Morgan fingerprint density at radius 3 is 2.81 bits per heavy atom. The lowest BCUT2D eigenvalue weighted by Crippen LogP contribution is -2.20. The molecule has 1 aromatic carbocycles. The first kappa shape index (κ1) is 11.1. The molecule has 1 heterocycles. The highest BCUT2D eigenvalue weighted by Gasteiger charge is 2.11. The number of hydrogen-bond donors (Lipinski definition) is 2. The van der Waals surface area contributed by atoms with Gasteiger partial charge < -0.3 is 14.8 Å². The van der Waals surface area contributed by atoms with Gasteiger partial charge in [-0.3, -0.25) is 4.79 Å². The van der Waals surface area contributed by atoms with Crippen LogP contribution in [0.3, 0.4) is 0 Å². The number of nitrogens with one attached hydrogen (secondary N) is 1. The summed E-state index contributed by atoms with van der Waals surface area (Å²) in [5, 5.41) is 2.32. The summed E-state index contributed by atoms with van der Waals surface area (Å²) in [6.07, 6.45) is 0.753. The molecule has 0 fully saturated rings. The Bertz CT molecular complexity index is 395. The van der Waals surface area contributed by atoms with Gasteiger partial charge in [-0.05, 0) is 24.1 Å². The molecule has 1 amide bonds. The van der Waals surface area contributed by atoms with Crippen LogP contribution in [0.2, 0.25) is 0 Å². The lowest BCUT2D eigenvalue weighted by Gasteiger charge is -2.18. The van der Waals surface area contributed by atoms with Crippen molar-refractivity contribution in [3.63, 3.8) is 0 Å². The van der Waals surface area contributed by atoms with Gasteiger partial charge in [0, 0.05) is 6.54 Å². The minimum absolute atomic E-state index is 0.308. The van der Waals surface area contributed by atoms with Gasteiger partial charge in [-0.15, -0.1) is 0 Å². The van der Waals surface area contributed by atoms with Gasteiger partial charge in [0.25, 0.3) is 5.24 Å². The molecule has 0 saturated heterocycles. The molecule has 0 aromatic heterocycles. The second-order valence-corrected chi connectivity index (χ2v) is 3.87. The van der Waals surface area contributed by atoms with Crippen molar-refractivity contribution in [2.45, 2.75) is 6.42 Å². The van der Waals surface area contributed by atoms with Crippen molar-refractivity contribution in [3.05, 3.63) is 23.8 Å². The zero-order valence-corrected chi connectivity index (χ0v) is 9.63. The number of fused-ring (bicyclic) bond motifs is 1. The number of rotatable bonds is 3. The van der Waals surface area contributed by atoms with E-state index >= 15 is 0 Å². The molecule has 0 spiro atoms. The molecule has 1 aliphatic rings. The van der Waals surface area contributed by atoms with Gasteiger partial charge in [0.05, 0.1) is 0 Å². The molecule has 0 radical (unpaired) electrons. The van der Waals surface area contributed by atoms with Crippen molar-refractivity contribution in [1.29, 1.82) is 0 Å². The quantitative estimate of drug-likeness (QED) is 0.788. The van der Waals surface area contributed by atoms with Crippen LogP contribution in [0.1, 0.15) is 5.56 Å². The van der Waals surface area contributed by atoms with Crippen LogP contribution in [0.4, 0.5) is 4.79 Å². The summed E-state index contributed by atoms with van der Waals surface area (Å²) in [5.41, 5.74) is 1.10. The topological polar surface area (TPSA) is 47.6 Å². The van der Waals surface area contributed by atoms with Gasteiger partial charge in [-0.1, -0.05) is 18.7 Å². The molecule has 1 aromatic rings. The maximum Gasteiger partial charge on any atom is 0.275 e. The van der Waals surface area contributed by atoms with Crippen molar-refractivity contribution in [1.82, 2.24) is 5.32 Å². The largest absolute Gasteiger partial charge is 0.486 e. The molecule has 5 heteroatoms. The zero-order chi connectivity index (χ0) is 11.4. The van der Waals surface area contributed by atoms with Gasteiger partial charge in [0.1, 0.15) is 13.2 Å². The Morgan fingerprint density at radius 1 is 1.31 bits per heavy atom. The van der Waals surface area contributed by atoms with Crippen LogP contribution in [0.5, 0.6) is 11.5 Å². The highest BCUT2D eigenvalue weighted by molar-refractivity contribution is 7.96. The molecule has 0 saturated carbocycles. The van der Waals surface area contributed by atoms with Crippen LogP contribution in [-0.2, 0) is 6.42 Å². The fourth-order valence-corrected chi connectivity index (χ4v) is 1.67. The molecule has 16 heavy (non-hydrogen) atoms. The lowest BCUT2D eigenvalue weighted by molar-refractivity contribution is 0.171. The Balaban J connectivity index is 1.97. The first-order valence-corrected chi connectivity index (χ1v) is 5.56.